The van der Waals surface area contributed by atoms with Crippen LogP contribution in [-0.4, -0.2) is 24.7 Å². The van der Waals surface area contributed by atoms with Gasteiger partial charge in [-0.1, -0.05) is 41.9 Å². The minimum Gasteiger partial charge on any atom is -0.322 e. The second-order valence-corrected chi connectivity index (χ2v) is 7.23. The van der Waals surface area contributed by atoms with Crippen LogP contribution in [-0.2, 0) is 0 Å². The average molecular weight is 401 g/mol. The van der Waals surface area contributed by atoms with Crippen LogP contribution in [0.15, 0.2) is 60.7 Å². The highest BCUT2D eigenvalue weighted by molar-refractivity contribution is 6.32. The fraction of sp³-hybridized carbons (Fsp3) is 0.0909. The number of benzene rings is 2. The molecule has 0 atom stereocenters. The van der Waals surface area contributed by atoms with E-state index < -0.39 is 0 Å². The average Bonchev–Trinajstić information content (AvgIpc) is 3.09. The molecule has 0 saturated heterocycles. The Morgan fingerprint density at radius 3 is 2.31 bits per heavy atom. The molecule has 0 aliphatic heterocycles. The van der Waals surface area contributed by atoms with Crippen molar-refractivity contribution in [1.82, 2.24) is 24.7 Å². The van der Waals surface area contributed by atoms with E-state index in [0.717, 1.165) is 44.8 Å². The van der Waals surface area contributed by atoms with Crippen molar-refractivity contribution in [2.45, 2.75) is 13.8 Å². The highest BCUT2D eigenvalue weighted by Gasteiger charge is 2.14. The molecule has 3 heterocycles. The lowest BCUT2D eigenvalue weighted by Gasteiger charge is -2.12. The van der Waals surface area contributed by atoms with Gasteiger partial charge in [0.05, 0.1) is 22.2 Å². The minimum atomic E-state index is 0.303. The molecule has 6 nitrogen and oxygen atoms in total. The molecule has 1 N–H and O–H groups in total. The van der Waals surface area contributed by atoms with Gasteiger partial charge in [-0.2, -0.15) is 9.78 Å². The summed E-state index contributed by atoms with van der Waals surface area (Å²) in [4.78, 5) is 13.8. The largest absolute Gasteiger partial charge is 0.322 e. The second kappa shape index (κ2) is 6.83. The molecule has 0 aliphatic rings. The number of halogens is 1. The number of nitrogens with zero attached hydrogens (tertiary/aromatic N) is 5. The van der Waals surface area contributed by atoms with Crippen molar-refractivity contribution in [2.24, 2.45) is 0 Å². The van der Waals surface area contributed by atoms with Crippen LogP contribution in [0.4, 0.5) is 11.6 Å². The van der Waals surface area contributed by atoms with Crippen LogP contribution in [0.2, 0.25) is 5.15 Å². The third-order valence-electron chi connectivity index (χ3n) is 4.73. The molecule has 0 amide bonds. The van der Waals surface area contributed by atoms with Crippen LogP contribution in [0.3, 0.4) is 0 Å². The van der Waals surface area contributed by atoms with E-state index in [1.54, 1.807) is 4.68 Å². The van der Waals surface area contributed by atoms with Crippen molar-refractivity contribution in [3.05, 3.63) is 77.1 Å². The summed E-state index contributed by atoms with van der Waals surface area (Å²) in [7, 11) is 0. The van der Waals surface area contributed by atoms with Gasteiger partial charge in [0, 0.05) is 11.5 Å². The Morgan fingerprint density at radius 1 is 0.828 bits per heavy atom. The molecule has 0 radical (unpaired) electrons. The molecule has 0 saturated carbocycles. The molecule has 0 fully saturated rings. The van der Waals surface area contributed by atoms with Crippen LogP contribution in [0, 0.1) is 13.8 Å². The van der Waals surface area contributed by atoms with E-state index in [1.165, 1.54) is 0 Å². The van der Waals surface area contributed by atoms with Gasteiger partial charge in [0.2, 0.25) is 0 Å². The minimum absolute atomic E-state index is 0.303. The summed E-state index contributed by atoms with van der Waals surface area (Å²) in [5, 5.41) is 9.32. The Morgan fingerprint density at radius 2 is 1.52 bits per heavy atom. The SMILES string of the molecule is Cc1cc(Nc2nc3ccccc3nc2Cl)n(-c2cc(C)c3ccccc3n2)n1. The number of aromatic nitrogens is 5. The smallest absolute Gasteiger partial charge is 0.172 e. The van der Waals surface area contributed by atoms with Crippen molar-refractivity contribution >= 4 is 45.2 Å². The van der Waals surface area contributed by atoms with Crippen molar-refractivity contribution < 1.29 is 0 Å². The first-order chi connectivity index (χ1) is 14.1. The van der Waals surface area contributed by atoms with E-state index in [0.29, 0.717) is 11.0 Å². The lowest BCUT2D eigenvalue weighted by atomic mass is 10.1. The standard InChI is InChI=1S/C22H17ClN6/c1-13-11-19(24-16-8-4-3-7-15(13)16)29-20(12-14(2)28-29)27-22-21(23)25-17-9-5-6-10-18(17)26-22/h3-12H,1-2H3,(H,26,27). The Balaban J connectivity index is 1.61. The number of rotatable bonds is 3. The molecule has 0 spiro atoms. The molecule has 3 aromatic heterocycles. The van der Waals surface area contributed by atoms with Gasteiger partial charge in [-0.05, 0) is 43.7 Å². The van der Waals surface area contributed by atoms with Crippen LogP contribution >= 0.6 is 11.6 Å². The van der Waals surface area contributed by atoms with E-state index in [-0.39, 0.29) is 0 Å². The van der Waals surface area contributed by atoms with Crippen LogP contribution < -0.4 is 5.32 Å². The Kier molecular flexibility index (Phi) is 4.14. The van der Waals surface area contributed by atoms with Gasteiger partial charge in [0.25, 0.3) is 0 Å². The Bertz CT molecular complexity index is 1370. The second-order valence-electron chi connectivity index (χ2n) is 6.87. The number of pyridine rings is 1. The molecule has 5 rings (SSSR count). The molecule has 0 unspecified atom stereocenters. The fourth-order valence-corrected chi connectivity index (χ4v) is 3.56. The zero-order valence-corrected chi connectivity index (χ0v) is 16.6. The predicted octanol–water partition coefficient (Wildman–Crippen LogP) is 5.38. The fourth-order valence-electron chi connectivity index (χ4n) is 3.38. The summed E-state index contributed by atoms with van der Waals surface area (Å²) < 4.78 is 1.77. The highest BCUT2D eigenvalue weighted by atomic mass is 35.5. The van der Waals surface area contributed by atoms with Gasteiger partial charge in [-0.25, -0.2) is 15.0 Å². The maximum atomic E-state index is 6.38. The number of hydrogen-bond donors (Lipinski definition) is 1. The molecule has 0 bridgehead atoms. The van der Waals surface area contributed by atoms with Crippen molar-refractivity contribution in [1.29, 1.82) is 0 Å². The van der Waals surface area contributed by atoms with Crippen molar-refractivity contribution in [2.75, 3.05) is 5.32 Å². The summed E-state index contributed by atoms with van der Waals surface area (Å²) in [5.41, 5.74) is 4.42. The summed E-state index contributed by atoms with van der Waals surface area (Å²) in [6.07, 6.45) is 0. The number of anilines is 2. The van der Waals surface area contributed by atoms with Crippen LogP contribution in [0.1, 0.15) is 11.3 Å². The number of para-hydroxylation sites is 3. The van der Waals surface area contributed by atoms with Crippen molar-refractivity contribution in [3.8, 4) is 5.82 Å². The van der Waals surface area contributed by atoms with E-state index in [9.17, 15) is 0 Å². The molecule has 0 aliphatic carbocycles. The number of nitrogens with one attached hydrogen (secondary N) is 1. The first-order valence-corrected chi connectivity index (χ1v) is 9.59. The summed E-state index contributed by atoms with van der Waals surface area (Å²) >= 11 is 6.38. The first kappa shape index (κ1) is 17.6. The topological polar surface area (TPSA) is 68.5 Å². The van der Waals surface area contributed by atoms with Crippen LogP contribution in [0.25, 0.3) is 27.8 Å². The van der Waals surface area contributed by atoms with Gasteiger partial charge in [-0.3, -0.25) is 0 Å². The Labute approximate surface area is 172 Å². The molecule has 29 heavy (non-hydrogen) atoms. The zero-order chi connectivity index (χ0) is 20.0. The summed E-state index contributed by atoms with van der Waals surface area (Å²) in [5.74, 6) is 1.92. The van der Waals surface area contributed by atoms with Gasteiger partial charge in [0.1, 0.15) is 5.82 Å². The van der Waals surface area contributed by atoms with Gasteiger partial charge in [0.15, 0.2) is 16.8 Å². The molecular formula is C22H17ClN6. The normalized spacial score (nSPS) is 11.3. The number of aryl methyl sites for hydroxylation is 2. The Hall–Kier alpha value is -3.51. The van der Waals surface area contributed by atoms with E-state index in [1.807, 2.05) is 61.5 Å². The molecule has 5 aromatic rings. The molecule has 2 aromatic carbocycles. The lowest BCUT2D eigenvalue weighted by Crippen LogP contribution is -2.07. The summed E-state index contributed by atoms with van der Waals surface area (Å²) in [6, 6.07) is 19.6. The first-order valence-electron chi connectivity index (χ1n) is 9.21. The zero-order valence-electron chi connectivity index (χ0n) is 15.9. The van der Waals surface area contributed by atoms with E-state index in [4.69, 9.17) is 16.6 Å². The monoisotopic (exact) mass is 400 g/mol. The van der Waals surface area contributed by atoms with E-state index >= 15 is 0 Å². The highest BCUT2D eigenvalue weighted by Crippen LogP contribution is 2.27. The van der Waals surface area contributed by atoms with Gasteiger partial charge >= 0.3 is 0 Å². The molecular weight excluding hydrogens is 384 g/mol. The number of fused-ring (bicyclic) bond motifs is 2. The molecule has 142 valence electrons. The van der Waals surface area contributed by atoms with Gasteiger partial charge in [-0.15, -0.1) is 0 Å². The maximum absolute atomic E-state index is 6.38. The predicted molar refractivity (Wildman–Crippen MR) is 116 cm³/mol. The maximum Gasteiger partial charge on any atom is 0.172 e. The number of hydrogen-bond acceptors (Lipinski definition) is 5. The van der Waals surface area contributed by atoms with E-state index in [2.05, 4.69) is 33.4 Å². The molecule has 7 heteroatoms. The quantitative estimate of drug-likeness (QED) is 0.440. The van der Waals surface area contributed by atoms with Crippen LogP contribution in [0.5, 0.6) is 0 Å². The van der Waals surface area contributed by atoms with Crippen molar-refractivity contribution in [3.63, 3.8) is 0 Å². The lowest BCUT2D eigenvalue weighted by molar-refractivity contribution is 0.842. The third kappa shape index (κ3) is 3.17. The third-order valence-corrected chi connectivity index (χ3v) is 5.00. The van der Waals surface area contributed by atoms with Gasteiger partial charge < -0.3 is 5.32 Å². The summed E-state index contributed by atoms with van der Waals surface area (Å²) in [6.45, 7) is 4.01.